The van der Waals surface area contributed by atoms with Gasteiger partial charge in [-0.25, -0.2) is 21.1 Å². The van der Waals surface area contributed by atoms with E-state index in [0.29, 0.717) is 23.5 Å². The summed E-state index contributed by atoms with van der Waals surface area (Å²) >= 11 is 0. The van der Waals surface area contributed by atoms with Crippen molar-refractivity contribution in [2.24, 2.45) is 5.10 Å². The number of hydrogen-bond donors (Lipinski definition) is 4. The molecule has 2 unspecified atom stereocenters. The van der Waals surface area contributed by atoms with Crippen LogP contribution in [0.15, 0.2) is 47.6 Å². The van der Waals surface area contributed by atoms with Gasteiger partial charge in [0.1, 0.15) is 6.04 Å². The van der Waals surface area contributed by atoms with Gasteiger partial charge in [-0.2, -0.15) is 5.10 Å². The lowest BCUT2D eigenvalue weighted by molar-refractivity contribution is -0.122. The fourth-order valence-corrected chi connectivity index (χ4v) is 3.06. The van der Waals surface area contributed by atoms with Crippen LogP contribution >= 0.6 is 0 Å². The van der Waals surface area contributed by atoms with Crippen LogP contribution < -0.4 is 25.8 Å². The monoisotopic (exact) mass is 398 g/mol. The first-order valence-electron chi connectivity index (χ1n) is 8.91. The molecule has 0 spiro atoms. The third-order valence-electron chi connectivity index (χ3n) is 4.60. The zero-order valence-corrected chi connectivity index (χ0v) is 16.0. The van der Waals surface area contributed by atoms with Gasteiger partial charge in [-0.1, -0.05) is 24.3 Å². The minimum absolute atomic E-state index is 0.0951. The zero-order valence-electron chi connectivity index (χ0n) is 16.0. The van der Waals surface area contributed by atoms with E-state index < -0.39 is 12.0 Å². The smallest absolute Gasteiger partial charge is 0.336 e. The molecule has 0 aliphatic carbocycles. The van der Waals surface area contributed by atoms with Crippen molar-refractivity contribution in [3.63, 3.8) is 0 Å². The molecule has 2 aromatic rings. The maximum absolute atomic E-state index is 12.4. The van der Waals surface area contributed by atoms with Crippen LogP contribution in [0.5, 0.6) is 11.5 Å². The Balaban J connectivity index is 1.61. The minimum atomic E-state index is -1.06. The Morgan fingerprint density at radius 2 is 1.90 bits per heavy atom. The number of carboxylic acids is 1. The summed E-state index contributed by atoms with van der Waals surface area (Å²) in [6.45, 7) is 0. The number of methoxy groups -OCH3 is 2. The highest BCUT2D eigenvalue weighted by molar-refractivity contribution is 5.98. The molecule has 2 aromatic carbocycles. The Labute approximate surface area is 167 Å². The number of carbonyl (C=O) groups is 2. The third kappa shape index (κ3) is 4.71. The van der Waals surface area contributed by atoms with E-state index in [1.54, 1.807) is 32.4 Å². The van der Waals surface area contributed by atoms with Crippen LogP contribution in [0.25, 0.3) is 0 Å². The van der Waals surface area contributed by atoms with E-state index in [4.69, 9.17) is 9.47 Å². The van der Waals surface area contributed by atoms with Gasteiger partial charge >= 0.3 is 5.97 Å². The van der Waals surface area contributed by atoms with Gasteiger partial charge in [-0.05, 0) is 30.2 Å². The number of amides is 1. The Kier molecular flexibility index (Phi) is 6.43. The number of nitrogens with zero attached hydrogens (tertiary/aromatic N) is 1. The summed E-state index contributed by atoms with van der Waals surface area (Å²) in [6.07, 6.45) is 1.82. The molecule has 0 radical (unpaired) electrons. The second kappa shape index (κ2) is 9.18. The van der Waals surface area contributed by atoms with Gasteiger partial charge in [-0.3, -0.25) is 4.79 Å². The standard InChI is InChI=1S/C20H22N4O5/c1-28-17-8-7-12(9-18(17)29-2)15-10-16(23-22-15)19(25)24-21-11-13-5-3-4-6-14(13)20(26)27/h3-9,11,15-16,22-23H,10H2,1-2H3,(H,24,25)(H,26,27)/b21-11+. The largest absolute Gasteiger partial charge is 0.493 e. The van der Waals surface area contributed by atoms with Gasteiger partial charge in [0.05, 0.1) is 26.0 Å². The lowest BCUT2D eigenvalue weighted by Gasteiger charge is -2.13. The van der Waals surface area contributed by atoms with Gasteiger partial charge in [0.25, 0.3) is 5.91 Å². The van der Waals surface area contributed by atoms with E-state index in [0.717, 1.165) is 5.56 Å². The summed E-state index contributed by atoms with van der Waals surface area (Å²) in [4.78, 5) is 23.6. The van der Waals surface area contributed by atoms with E-state index in [2.05, 4.69) is 21.4 Å². The molecule has 1 aliphatic heterocycles. The molecule has 1 heterocycles. The molecule has 0 aromatic heterocycles. The number of hydrazine groups is 1. The Bertz CT molecular complexity index is 931. The Morgan fingerprint density at radius 3 is 2.62 bits per heavy atom. The van der Waals surface area contributed by atoms with Crippen LogP contribution in [0, 0.1) is 0 Å². The summed E-state index contributed by atoms with van der Waals surface area (Å²) in [6, 6.07) is 11.4. The summed E-state index contributed by atoms with van der Waals surface area (Å²) in [5, 5.41) is 13.1. The summed E-state index contributed by atoms with van der Waals surface area (Å²) < 4.78 is 10.6. The first-order valence-corrected chi connectivity index (χ1v) is 8.91. The number of benzene rings is 2. The number of carboxylic acid groups (broad SMARTS) is 1. The van der Waals surface area contributed by atoms with Gasteiger partial charge in [0.2, 0.25) is 0 Å². The zero-order chi connectivity index (χ0) is 20.8. The van der Waals surface area contributed by atoms with Crippen molar-refractivity contribution in [3.05, 3.63) is 59.2 Å². The number of hydrogen-bond acceptors (Lipinski definition) is 7. The van der Waals surface area contributed by atoms with Crippen molar-refractivity contribution in [1.82, 2.24) is 16.3 Å². The van der Waals surface area contributed by atoms with Crippen LogP contribution in [-0.4, -0.2) is 43.5 Å². The van der Waals surface area contributed by atoms with E-state index in [-0.39, 0.29) is 17.5 Å². The Hall–Kier alpha value is -3.43. The summed E-state index contributed by atoms with van der Waals surface area (Å²) in [5.74, 6) is -0.142. The van der Waals surface area contributed by atoms with Crippen molar-refractivity contribution < 1.29 is 24.2 Å². The highest BCUT2D eigenvalue weighted by atomic mass is 16.5. The molecule has 3 rings (SSSR count). The lowest BCUT2D eigenvalue weighted by atomic mass is 10.0. The number of nitrogens with one attached hydrogen (secondary N) is 3. The van der Waals surface area contributed by atoms with Crippen molar-refractivity contribution in [3.8, 4) is 11.5 Å². The predicted octanol–water partition coefficient (Wildman–Crippen LogP) is 1.46. The van der Waals surface area contributed by atoms with Gasteiger partial charge in [0, 0.05) is 11.6 Å². The van der Waals surface area contributed by atoms with Crippen LogP contribution in [0.3, 0.4) is 0 Å². The number of carbonyl (C=O) groups excluding carboxylic acids is 1. The van der Waals surface area contributed by atoms with E-state index in [1.165, 1.54) is 12.3 Å². The van der Waals surface area contributed by atoms with E-state index in [1.807, 2.05) is 18.2 Å². The SMILES string of the molecule is COc1ccc(C2CC(C(=O)N/N=C/c3ccccc3C(=O)O)NN2)cc1OC. The highest BCUT2D eigenvalue weighted by Crippen LogP contribution is 2.32. The van der Waals surface area contributed by atoms with Gasteiger partial charge < -0.3 is 14.6 Å². The molecular formula is C20H22N4O5. The number of hydrazone groups is 1. The number of ether oxygens (including phenoxy) is 2. The molecule has 152 valence electrons. The average Bonchev–Trinajstić information content (AvgIpc) is 3.23. The molecule has 1 amide bonds. The molecule has 1 aliphatic rings. The number of aromatic carboxylic acids is 1. The van der Waals surface area contributed by atoms with Crippen LogP contribution in [0.1, 0.15) is 33.9 Å². The van der Waals surface area contributed by atoms with Gasteiger partial charge in [0.15, 0.2) is 11.5 Å². The van der Waals surface area contributed by atoms with Crippen LogP contribution in [0.4, 0.5) is 0 Å². The van der Waals surface area contributed by atoms with Crippen molar-refractivity contribution >= 4 is 18.1 Å². The van der Waals surface area contributed by atoms with Crippen molar-refractivity contribution in [1.29, 1.82) is 0 Å². The molecule has 0 saturated carbocycles. The maximum atomic E-state index is 12.4. The molecule has 9 heteroatoms. The maximum Gasteiger partial charge on any atom is 0.336 e. The normalized spacial score (nSPS) is 18.6. The topological polar surface area (TPSA) is 121 Å². The molecule has 1 saturated heterocycles. The molecule has 2 atom stereocenters. The average molecular weight is 398 g/mol. The predicted molar refractivity (Wildman–Crippen MR) is 106 cm³/mol. The molecule has 9 nitrogen and oxygen atoms in total. The minimum Gasteiger partial charge on any atom is -0.493 e. The van der Waals surface area contributed by atoms with Crippen molar-refractivity contribution in [2.45, 2.75) is 18.5 Å². The molecular weight excluding hydrogens is 376 g/mol. The molecule has 29 heavy (non-hydrogen) atoms. The number of rotatable bonds is 7. The first kappa shape index (κ1) is 20.3. The lowest BCUT2D eigenvalue weighted by Crippen LogP contribution is -2.41. The first-order chi connectivity index (χ1) is 14.0. The fraction of sp³-hybridized carbons (Fsp3) is 0.250. The molecule has 0 bridgehead atoms. The highest BCUT2D eigenvalue weighted by Gasteiger charge is 2.30. The van der Waals surface area contributed by atoms with Crippen LogP contribution in [-0.2, 0) is 4.79 Å². The summed E-state index contributed by atoms with van der Waals surface area (Å²) in [7, 11) is 3.14. The fourth-order valence-electron chi connectivity index (χ4n) is 3.06. The second-order valence-electron chi connectivity index (χ2n) is 6.37. The van der Waals surface area contributed by atoms with E-state index >= 15 is 0 Å². The van der Waals surface area contributed by atoms with Crippen LogP contribution in [0.2, 0.25) is 0 Å². The quantitative estimate of drug-likeness (QED) is 0.411. The van der Waals surface area contributed by atoms with E-state index in [9.17, 15) is 14.7 Å². The van der Waals surface area contributed by atoms with Crippen molar-refractivity contribution in [2.75, 3.05) is 14.2 Å². The van der Waals surface area contributed by atoms with Gasteiger partial charge in [-0.15, -0.1) is 0 Å². The molecule has 4 N–H and O–H groups in total. The third-order valence-corrected chi connectivity index (χ3v) is 4.60. The Morgan fingerprint density at radius 1 is 1.14 bits per heavy atom. The second-order valence-corrected chi connectivity index (χ2v) is 6.37. The molecule has 1 fully saturated rings. The summed E-state index contributed by atoms with van der Waals surface area (Å²) in [5.41, 5.74) is 9.94.